The molecule has 0 radical (unpaired) electrons. The van der Waals surface area contributed by atoms with Crippen molar-refractivity contribution in [3.8, 4) is 0 Å². The highest BCUT2D eigenvalue weighted by Gasteiger charge is 2.35. The highest BCUT2D eigenvalue weighted by Crippen LogP contribution is 2.17. The van der Waals surface area contributed by atoms with Crippen molar-refractivity contribution in [2.24, 2.45) is 0 Å². The van der Waals surface area contributed by atoms with Crippen molar-refractivity contribution < 1.29 is 14.7 Å². The van der Waals surface area contributed by atoms with Crippen LogP contribution in [-0.4, -0.2) is 34.5 Å². The molecule has 0 aromatic heterocycles. The largest absolute Gasteiger partial charge is 0.480 e. The molecule has 1 rings (SSSR count). The molecule has 1 aromatic carbocycles. The van der Waals surface area contributed by atoms with Gasteiger partial charge < -0.3 is 10.0 Å². The van der Waals surface area contributed by atoms with Gasteiger partial charge >= 0.3 is 5.97 Å². The summed E-state index contributed by atoms with van der Waals surface area (Å²) in [5, 5.41) is 9.13. The molecule has 0 unspecified atom stereocenters. The van der Waals surface area contributed by atoms with Crippen molar-refractivity contribution in [2.45, 2.75) is 39.7 Å². The molecule has 0 heterocycles. The average molecular weight is 263 g/mol. The van der Waals surface area contributed by atoms with Gasteiger partial charge in [0, 0.05) is 7.05 Å². The average Bonchev–Trinajstić information content (AvgIpc) is 2.32. The molecule has 0 aliphatic carbocycles. The Morgan fingerprint density at radius 1 is 1.26 bits per heavy atom. The van der Waals surface area contributed by atoms with E-state index in [2.05, 4.69) is 0 Å². The van der Waals surface area contributed by atoms with E-state index in [1.807, 2.05) is 32.0 Å². The number of carboxylic acid groups (broad SMARTS) is 1. The van der Waals surface area contributed by atoms with Gasteiger partial charge in [0.2, 0.25) is 5.91 Å². The third-order valence-electron chi connectivity index (χ3n) is 3.58. The van der Waals surface area contributed by atoms with Gasteiger partial charge in [-0.05, 0) is 38.8 Å². The Balaban J connectivity index is 2.91. The van der Waals surface area contributed by atoms with E-state index < -0.39 is 11.5 Å². The van der Waals surface area contributed by atoms with Crippen LogP contribution in [-0.2, 0) is 16.0 Å². The molecule has 0 aliphatic rings. The van der Waals surface area contributed by atoms with Crippen LogP contribution >= 0.6 is 0 Å². The molecule has 0 saturated heterocycles. The molecule has 4 heteroatoms. The fourth-order valence-electron chi connectivity index (χ4n) is 1.73. The van der Waals surface area contributed by atoms with Crippen LogP contribution in [0.2, 0.25) is 0 Å². The number of rotatable bonds is 4. The molecule has 0 atom stereocenters. The molecule has 104 valence electrons. The molecular weight excluding hydrogens is 242 g/mol. The molecule has 0 saturated carbocycles. The monoisotopic (exact) mass is 263 g/mol. The minimum absolute atomic E-state index is 0.193. The number of likely N-dealkylation sites (N-methyl/N-ethyl adjacent to an activating group) is 1. The predicted octanol–water partition coefficient (Wildman–Crippen LogP) is 2.17. The minimum Gasteiger partial charge on any atom is -0.480 e. The van der Waals surface area contributed by atoms with Gasteiger partial charge in [-0.15, -0.1) is 0 Å². The Morgan fingerprint density at radius 3 is 2.37 bits per heavy atom. The van der Waals surface area contributed by atoms with E-state index in [1.165, 1.54) is 25.8 Å². The number of carboxylic acids is 1. The summed E-state index contributed by atoms with van der Waals surface area (Å²) >= 11 is 0. The first-order chi connectivity index (χ1) is 8.66. The number of carbonyl (C=O) groups is 2. The van der Waals surface area contributed by atoms with Crippen LogP contribution in [0.25, 0.3) is 0 Å². The number of carbonyl (C=O) groups excluding carboxylic acids is 1. The zero-order valence-electron chi connectivity index (χ0n) is 12.2. The van der Waals surface area contributed by atoms with Crippen LogP contribution in [0.4, 0.5) is 0 Å². The van der Waals surface area contributed by atoms with Gasteiger partial charge in [0.1, 0.15) is 5.54 Å². The van der Waals surface area contributed by atoms with Crippen LogP contribution < -0.4 is 0 Å². The summed E-state index contributed by atoms with van der Waals surface area (Å²) in [5.74, 6) is -1.20. The van der Waals surface area contributed by atoms with E-state index in [0.29, 0.717) is 0 Å². The van der Waals surface area contributed by atoms with Crippen LogP contribution in [0.1, 0.15) is 30.5 Å². The summed E-state index contributed by atoms with van der Waals surface area (Å²) in [7, 11) is 1.53. The van der Waals surface area contributed by atoms with Gasteiger partial charge in [0.05, 0.1) is 6.42 Å². The number of hydrogen-bond acceptors (Lipinski definition) is 2. The maximum Gasteiger partial charge on any atom is 0.329 e. The summed E-state index contributed by atoms with van der Waals surface area (Å²) in [4.78, 5) is 24.6. The second-order valence-corrected chi connectivity index (χ2v) is 5.42. The number of benzene rings is 1. The number of nitrogens with zero attached hydrogens (tertiary/aromatic N) is 1. The summed E-state index contributed by atoms with van der Waals surface area (Å²) in [6, 6.07) is 5.93. The van der Waals surface area contributed by atoms with Crippen LogP contribution in [0.15, 0.2) is 18.2 Å². The van der Waals surface area contributed by atoms with Gasteiger partial charge in [-0.1, -0.05) is 23.8 Å². The Kier molecular flexibility index (Phi) is 4.35. The lowest BCUT2D eigenvalue weighted by atomic mass is 9.99. The topological polar surface area (TPSA) is 57.6 Å². The SMILES string of the molecule is Cc1ccc(C)c(CC(=O)N(C)C(C)(C)C(=O)O)c1. The number of amides is 1. The maximum absolute atomic E-state index is 12.2. The summed E-state index contributed by atoms with van der Waals surface area (Å²) < 4.78 is 0. The van der Waals surface area contributed by atoms with E-state index in [1.54, 1.807) is 0 Å². The number of aliphatic carboxylic acids is 1. The first kappa shape index (κ1) is 15.2. The van der Waals surface area contributed by atoms with E-state index in [4.69, 9.17) is 5.11 Å². The fraction of sp³-hybridized carbons (Fsp3) is 0.467. The van der Waals surface area contributed by atoms with Crippen molar-refractivity contribution in [1.29, 1.82) is 0 Å². The standard InChI is InChI=1S/C15H21NO3/c1-10-6-7-11(2)12(8-10)9-13(17)16(5)15(3,4)14(18)19/h6-8H,9H2,1-5H3,(H,18,19). The van der Waals surface area contributed by atoms with E-state index in [0.717, 1.165) is 16.7 Å². The van der Waals surface area contributed by atoms with E-state index in [9.17, 15) is 9.59 Å². The third-order valence-corrected chi connectivity index (χ3v) is 3.58. The molecule has 1 amide bonds. The van der Waals surface area contributed by atoms with Crippen LogP contribution in [0.3, 0.4) is 0 Å². The number of hydrogen-bond donors (Lipinski definition) is 1. The van der Waals surface area contributed by atoms with Crippen molar-refractivity contribution in [3.05, 3.63) is 34.9 Å². The Morgan fingerprint density at radius 2 is 1.84 bits per heavy atom. The third kappa shape index (κ3) is 3.34. The zero-order valence-corrected chi connectivity index (χ0v) is 12.2. The van der Waals surface area contributed by atoms with Gasteiger partial charge in [-0.2, -0.15) is 0 Å². The van der Waals surface area contributed by atoms with Crippen LogP contribution in [0, 0.1) is 13.8 Å². The molecule has 4 nitrogen and oxygen atoms in total. The summed E-state index contributed by atoms with van der Waals surface area (Å²) in [5.41, 5.74) is 1.88. The summed E-state index contributed by atoms with van der Waals surface area (Å²) in [6.45, 7) is 6.97. The maximum atomic E-state index is 12.2. The van der Waals surface area contributed by atoms with Crippen molar-refractivity contribution >= 4 is 11.9 Å². The number of aryl methyl sites for hydroxylation is 2. The van der Waals surface area contributed by atoms with Crippen molar-refractivity contribution in [2.75, 3.05) is 7.05 Å². The van der Waals surface area contributed by atoms with Gasteiger partial charge in [-0.25, -0.2) is 4.79 Å². The first-order valence-corrected chi connectivity index (χ1v) is 6.22. The molecule has 0 spiro atoms. The lowest BCUT2D eigenvalue weighted by molar-refractivity contribution is -0.155. The lowest BCUT2D eigenvalue weighted by Gasteiger charge is -2.31. The molecule has 0 fully saturated rings. The van der Waals surface area contributed by atoms with E-state index in [-0.39, 0.29) is 12.3 Å². The highest BCUT2D eigenvalue weighted by molar-refractivity contribution is 5.87. The molecule has 19 heavy (non-hydrogen) atoms. The molecule has 0 aliphatic heterocycles. The van der Waals surface area contributed by atoms with Crippen molar-refractivity contribution in [3.63, 3.8) is 0 Å². The molecule has 1 aromatic rings. The molecule has 1 N–H and O–H groups in total. The van der Waals surface area contributed by atoms with Crippen molar-refractivity contribution in [1.82, 2.24) is 4.90 Å². The normalized spacial score (nSPS) is 11.2. The predicted molar refractivity (Wildman–Crippen MR) is 74.1 cm³/mol. The van der Waals surface area contributed by atoms with Gasteiger partial charge in [0.25, 0.3) is 0 Å². The molecular formula is C15H21NO3. The summed E-state index contributed by atoms with van der Waals surface area (Å²) in [6.07, 6.45) is 0.223. The first-order valence-electron chi connectivity index (χ1n) is 6.22. The van der Waals surface area contributed by atoms with Gasteiger partial charge in [-0.3, -0.25) is 4.79 Å². The Hall–Kier alpha value is -1.84. The quantitative estimate of drug-likeness (QED) is 0.905. The molecule has 0 bridgehead atoms. The second-order valence-electron chi connectivity index (χ2n) is 5.42. The van der Waals surface area contributed by atoms with Crippen LogP contribution in [0.5, 0.6) is 0 Å². The highest BCUT2D eigenvalue weighted by atomic mass is 16.4. The Bertz CT molecular complexity index is 506. The minimum atomic E-state index is -1.20. The smallest absolute Gasteiger partial charge is 0.329 e. The van der Waals surface area contributed by atoms with E-state index >= 15 is 0 Å². The Labute approximate surface area is 114 Å². The lowest BCUT2D eigenvalue weighted by Crippen LogP contribution is -2.51. The fourth-order valence-corrected chi connectivity index (χ4v) is 1.73. The second kappa shape index (κ2) is 5.43. The van der Waals surface area contributed by atoms with Gasteiger partial charge in [0.15, 0.2) is 0 Å². The zero-order chi connectivity index (χ0) is 14.8.